The lowest BCUT2D eigenvalue weighted by atomic mass is 10.0. The quantitative estimate of drug-likeness (QED) is 0.0227. The Hall–Kier alpha value is -1.18. The van der Waals surface area contributed by atoms with Gasteiger partial charge in [0.15, 0.2) is 11.5 Å². The summed E-state index contributed by atoms with van der Waals surface area (Å²) in [5.74, 6) is -0.268. The number of carbonyl (C=O) groups excluding carboxylic acids is 2. The summed E-state index contributed by atoms with van der Waals surface area (Å²) in [5, 5.41) is 14.4. The number of hydrogen-bond donors (Lipinski definition) is 5. The van der Waals surface area contributed by atoms with Crippen molar-refractivity contribution in [2.24, 2.45) is 5.73 Å². The van der Waals surface area contributed by atoms with Crippen LogP contribution in [-0.2, 0) is 19.1 Å². The molecule has 2 saturated heterocycles. The minimum absolute atomic E-state index is 0.00931. The number of hydrogen-bond acceptors (Lipinski definition) is 11. The molecule has 2 heterocycles. The predicted molar refractivity (Wildman–Crippen MR) is 298 cm³/mol. The molecule has 2 rings (SSSR count). The first-order chi connectivity index (χ1) is 33.9. The Balaban J connectivity index is 1.44. The third kappa shape index (κ3) is 33.6. The number of rotatable bonds is 51. The largest absolute Gasteiger partial charge is 0.444 e. The molecule has 70 heavy (non-hydrogen) atoms. The van der Waals surface area contributed by atoms with Crippen LogP contribution >= 0.6 is 0 Å². The predicted octanol–water partition coefficient (Wildman–Crippen LogP) is 12.7. The van der Waals surface area contributed by atoms with Gasteiger partial charge in [0, 0.05) is 65.2 Å². The summed E-state index contributed by atoms with van der Waals surface area (Å²) < 4.78 is 11.7. The fourth-order valence-electron chi connectivity index (χ4n) is 10.6. The van der Waals surface area contributed by atoms with Gasteiger partial charge in [-0.2, -0.15) is 0 Å². The minimum atomic E-state index is -1.17. The second-order valence-electron chi connectivity index (χ2n) is 22.8. The Kier molecular flexibility index (Phi) is 39.0. The Morgan fingerprint density at radius 2 is 1.07 bits per heavy atom. The van der Waals surface area contributed by atoms with Crippen LogP contribution in [0.3, 0.4) is 0 Å². The summed E-state index contributed by atoms with van der Waals surface area (Å²) in [4.78, 5) is 31.0. The molecular formula is C59H119N7O4. The van der Waals surface area contributed by atoms with Crippen molar-refractivity contribution in [1.82, 2.24) is 31.1 Å². The van der Waals surface area contributed by atoms with Crippen molar-refractivity contribution < 1.29 is 19.1 Å². The maximum atomic E-state index is 13.1. The second kappa shape index (κ2) is 42.1. The molecule has 2 aliphatic rings. The van der Waals surface area contributed by atoms with E-state index >= 15 is 0 Å². The fourth-order valence-corrected chi connectivity index (χ4v) is 10.6. The molecule has 0 aromatic carbocycles. The van der Waals surface area contributed by atoms with Crippen LogP contribution < -0.4 is 27.0 Å². The minimum Gasteiger partial charge on any atom is -0.444 e. The molecule has 0 radical (unpaired) electrons. The van der Waals surface area contributed by atoms with E-state index in [2.05, 4.69) is 51.8 Å². The summed E-state index contributed by atoms with van der Waals surface area (Å²) in [6.07, 6.45) is 47.0. The molecule has 6 N–H and O–H groups in total. The molecule has 11 nitrogen and oxygen atoms in total. The standard InChI is InChI=1S/C59H119N7O4/c1-7-9-11-13-15-17-19-21-23-25-27-29-31-33-35-37-49-66-52-48-64-59(66,6)41-45-61-44-40-56(68)70-58(5,60)42-53-69-57(3,4)54(67)39-43-62-46-50-65-51-47-63-55(65)38-36-34-32-30-28-26-24-22-20-18-16-14-12-10-8-2/h55,61-64H,7-53,60H2,1-6H3. The smallest absolute Gasteiger partial charge is 0.308 e. The summed E-state index contributed by atoms with van der Waals surface area (Å²) in [7, 11) is 0. The van der Waals surface area contributed by atoms with Crippen LogP contribution in [0, 0.1) is 0 Å². The molecule has 3 unspecified atom stereocenters. The van der Waals surface area contributed by atoms with E-state index in [9.17, 15) is 9.59 Å². The lowest BCUT2D eigenvalue weighted by Crippen LogP contribution is -2.50. The molecule has 0 bridgehead atoms. The van der Waals surface area contributed by atoms with E-state index in [0.29, 0.717) is 32.1 Å². The maximum absolute atomic E-state index is 13.1. The number of ketones is 1. The average molecular weight is 991 g/mol. The van der Waals surface area contributed by atoms with Gasteiger partial charge in [-0.05, 0) is 60.0 Å². The summed E-state index contributed by atoms with van der Waals surface area (Å²) in [6.45, 7) is 21.8. The summed E-state index contributed by atoms with van der Waals surface area (Å²) >= 11 is 0. The molecular weight excluding hydrogens is 871 g/mol. The van der Waals surface area contributed by atoms with Gasteiger partial charge in [0.05, 0.1) is 24.9 Å². The van der Waals surface area contributed by atoms with E-state index in [4.69, 9.17) is 15.2 Å². The van der Waals surface area contributed by atoms with Gasteiger partial charge in [-0.15, -0.1) is 0 Å². The number of nitrogens with two attached hydrogens (primary N) is 1. The van der Waals surface area contributed by atoms with Gasteiger partial charge in [-0.25, -0.2) is 0 Å². The number of Topliss-reactive ketones (excluding diaryl/α,β-unsaturated/α-hetero) is 1. The third-order valence-electron chi connectivity index (χ3n) is 15.6. The molecule has 0 spiro atoms. The fraction of sp³-hybridized carbons (Fsp3) is 0.966. The first-order valence-corrected chi connectivity index (χ1v) is 30.5. The molecule has 11 heteroatoms. The van der Waals surface area contributed by atoms with Crippen molar-refractivity contribution in [3.05, 3.63) is 0 Å². The van der Waals surface area contributed by atoms with Crippen molar-refractivity contribution in [2.45, 2.75) is 296 Å². The van der Waals surface area contributed by atoms with Gasteiger partial charge in [0.2, 0.25) is 0 Å². The number of nitrogens with zero attached hydrogens (tertiary/aromatic N) is 2. The zero-order valence-corrected chi connectivity index (χ0v) is 47.4. The maximum Gasteiger partial charge on any atom is 0.308 e. The number of nitrogens with one attached hydrogen (secondary N) is 4. The van der Waals surface area contributed by atoms with Gasteiger partial charge < -0.3 is 25.4 Å². The zero-order valence-electron chi connectivity index (χ0n) is 47.4. The highest BCUT2D eigenvalue weighted by Crippen LogP contribution is 2.23. The van der Waals surface area contributed by atoms with E-state index in [1.807, 2.05) is 13.8 Å². The second-order valence-corrected chi connectivity index (χ2v) is 22.8. The van der Waals surface area contributed by atoms with Crippen LogP contribution in [0.1, 0.15) is 273 Å². The van der Waals surface area contributed by atoms with Crippen LogP contribution in [-0.4, -0.2) is 117 Å². The number of esters is 1. The van der Waals surface area contributed by atoms with Crippen LogP contribution in [0.5, 0.6) is 0 Å². The van der Waals surface area contributed by atoms with Crippen molar-refractivity contribution in [2.75, 3.05) is 72.1 Å². The van der Waals surface area contributed by atoms with Gasteiger partial charge in [0.1, 0.15) is 5.60 Å². The lowest BCUT2D eigenvalue weighted by molar-refractivity contribution is -0.162. The molecule has 0 aliphatic carbocycles. The number of unbranched alkanes of at least 4 members (excludes halogenated alkanes) is 29. The van der Waals surface area contributed by atoms with Crippen LogP contribution in [0.2, 0.25) is 0 Å². The van der Waals surface area contributed by atoms with Crippen molar-refractivity contribution >= 4 is 11.8 Å². The first kappa shape index (κ1) is 64.9. The Bertz CT molecular complexity index is 1240. The monoisotopic (exact) mass is 990 g/mol. The van der Waals surface area contributed by atoms with Gasteiger partial charge in [-0.3, -0.25) is 30.4 Å². The highest BCUT2D eigenvalue weighted by molar-refractivity contribution is 5.86. The zero-order chi connectivity index (χ0) is 50.9. The molecule has 0 aromatic rings. The van der Waals surface area contributed by atoms with Gasteiger partial charge >= 0.3 is 5.97 Å². The molecule has 3 atom stereocenters. The summed E-state index contributed by atoms with van der Waals surface area (Å²) in [6, 6.07) is 0. The lowest BCUT2D eigenvalue weighted by Gasteiger charge is -2.35. The van der Waals surface area contributed by atoms with E-state index in [1.165, 1.54) is 205 Å². The summed E-state index contributed by atoms with van der Waals surface area (Å²) in [5.41, 5.74) is 4.27. The average Bonchev–Trinajstić information content (AvgIpc) is 3.94. The molecule has 0 aromatic heterocycles. The Morgan fingerprint density at radius 3 is 1.60 bits per heavy atom. The van der Waals surface area contributed by atoms with Crippen LogP contribution in [0.15, 0.2) is 0 Å². The Morgan fingerprint density at radius 1 is 0.600 bits per heavy atom. The van der Waals surface area contributed by atoms with E-state index in [-0.39, 0.29) is 30.4 Å². The van der Waals surface area contributed by atoms with Gasteiger partial charge in [-0.1, -0.05) is 206 Å². The molecule has 2 fully saturated rings. The molecule has 0 saturated carbocycles. The first-order valence-electron chi connectivity index (χ1n) is 30.5. The molecule has 2 aliphatic heterocycles. The Labute approximate surface area is 434 Å². The van der Waals surface area contributed by atoms with Gasteiger partial charge in [0.25, 0.3) is 0 Å². The number of ether oxygens (including phenoxy) is 2. The van der Waals surface area contributed by atoms with E-state index in [1.54, 1.807) is 6.92 Å². The highest BCUT2D eigenvalue weighted by Gasteiger charge is 2.35. The topological polar surface area (TPSA) is 133 Å². The van der Waals surface area contributed by atoms with Crippen molar-refractivity contribution in [3.8, 4) is 0 Å². The molecule has 0 amide bonds. The van der Waals surface area contributed by atoms with Crippen molar-refractivity contribution in [3.63, 3.8) is 0 Å². The third-order valence-corrected chi connectivity index (χ3v) is 15.6. The highest BCUT2D eigenvalue weighted by atomic mass is 16.6. The van der Waals surface area contributed by atoms with Crippen LogP contribution in [0.4, 0.5) is 0 Å². The number of carbonyl (C=O) groups is 2. The van der Waals surface area contributed by atoms with E-state index in [0.717, 1.165) is 58.8 Å². The molecule has 414 valence electrons. The van der Waals surface area contributed by atoms with Crippen LogP contribution in [0.25, 0.3) is 0 Å². The van der Waals surface area contributed by atoms with Crippen molar-refractivity contribution in [1.29, 1.82) is 0 Å². The van der Waals surface area contributed by atoms with E-state index < -0.39 is 11.3 Å². The normalized spacial score (nSPS) is 18.8. The SMILES string of the molecule is CCCCCCCCCCCCCCCCCCN1CCNC1(C)CCNCCC(=O)OC(C)(N)CCOC(C)(C)C(=O)CCNCCN1CCNC1CCCCCCCCCCCCCCCCC.